The Morgan fingerprint density at radius 2 is 2.26 bits per heavy atom. The van der Waals surface area contributed by atoms with Crippen molar-refractivity contribution in [3.63, 3.8) is 0 Å². The Morgan fingerprint density at radius 1 is 1.48 bits per heavy atom. The van der Waals surface area contributed by atoms with Crippen LogP contribution in [-0.4, -0.2) is 41.7 Å². The number of piperidine rings is 1. The number of aliphatic carboxylic acids is 1. The number of carboxylic acid groups (broad SMARTS) is 1. The summed E-state index contributed by atoms with van der Waals surface area (Å²) < 4.78 is 6.97. The molecule has 2 rings (SSSR count). The largest absolute Gasteiger partial charge is 0.493 e. The van der Waals surface area contributed by atoms with E-state index in [0.717, 1.165) is 54.6 Å². The lowest BCUT2D eigenvalue weighted by molar-refractivity contribution is -0.139. The van der Waals surface area contributed by atoms with Gasteiger partial charge in [-0.3, -0.25) is 9.69 Å². The number of carboxylic acids is 1. The second kappa shape index (κ2) is 8.69. The smallest absolute Gasteiger partial charge is 0.317 e. The number of hydrogen-bond acceptors (Lipinski definition) is 3. The van der Waals surface area contributed by atoms with E-state index in [-0.39, 0.29) is 6.54 Å². The molecule has 0 aliphatic carbocycles. The maximum atomic E-state index is 10.8. The number of carbonyl (C=O) groups is 1. The molecule has 1 N–H and O–H groups in total. The van der Waals surface area contributed by atoms with Crippen LogP contribution in [0.3, 0.4) is 0 Å². The zero-order chi connectivity index (χ0) is 16.8. The van der Waals surface area contributed by atoms with E-state index >= 15 is 0 Å². The minimum absolute atomic E-state index is 0.166. The Bertz CT molecular complexity index is 535. The van der Waals surface area contributed by atoms with E-state index in [1.165, 1.54) is 0 Å². The number of likely N-dealkylation sites (tertiary alicyclic amines) is 1. The molecule has 1 heterocycles. The lowest BCUT2D eigenvalue weighted by atomic mass is 9.88. The van der Waals surface area contributed by atoms with Crippen LogP contribution < -0.4 is 4.74 Å². The molecule has 23 heavy (non-hydrogen) atoms. The molecular weight excluding hydrogens is 358 g/mol. The number of halogens is 1. The monoisotopic (exact) mass is 383 g/mol. The summed E-state index contributed by atoms with van der Waals surface area (Å²) in [7, 11) is 0. The Hall–Kier alpha value is -1.07. The van der Waals surface area contributed by atoms with E-state index in [1.54, 1.807) is 0 Å². The lowest BCUT2D eigenvalue weighted by Crippen LogP contribution is -2.43. The average molecular weight is 384 g/mol. The second-order valence-corrected chi connectivity index (χ2v) is 7.31. The van der Waals surface area contributed by atoms with Crippen molar-refractivity contribution < 1.29 is 14.6 Å². The number of nitrogens with zero attached hydrogens (tertiary/aromatic N) is 1. The fourth-order valence-electron chi connectivity index (χ4n) is 3.29. The Labute approximate surface area is 147 Å². The predicted octanol–water partition coefficient (Wildman–Crippen LogP) is 4.10. The van der Waals surface area contributed by atoms with Crippen LogP contribution in [0.4, 0.5) is 0 Å². The first-order valence-corrected chi connectivity index (χ1v) is 9.10. The van der Waals surface area contributed by atoms with Gasteiger partial charge in [-0.1, -0.05) is 22.0 Å². The van der Waals surface area contributed by atoms with Gasteiger partial charge >= 0.3 is 5.97 Å². The van der Waals surface area contributed by atoms with Gasteiger partial charge in [-0.2, -0.15) is 0 Å². The van der Waals surface area contributed by atoms with Gasteiger partial charge in [0.2, 0.25) is 0 Å². The first-order chi connectivity index (χ1) is 11.0. The molecule has 5 heteroatoms. The highest BCUT2D eigenvalue weighted by Crippen LogP contribution is 2.28. The summed E-state index contributed by atoms with van der Waals surface area (Å²) in [6, 6.07) is 6.38. The molecule has 1 aliphatic heterocycles. The van der Waals surface area contributed by atoms with E-state index in [4.69, 9.17) is 9.84 Å². The molecule has 0 aromatic heterocycles. The van der Waals surface area contributed by atoms with Gasteiger partial charge in [0.25, 0.3) is 0 Å². The summed E-state index contributed by atoms with van der Waals surface area (Å²) >= 11 is 3.52. The molecule has 1 fully saturated rings. The van der Waals surface area contributed by atoms with Gasteiger partial charge in [0.15, 0.2) is 0 Å². The average Bonchev–Trinajstić information content (AvgIpc) is 2.50. The number of rotatable bonds is 7. The van der Waals surface area contributed by atoms with Crippen LogP contribution in [0.15, 0.2) is 22.7 Å². The zero-order valence-corrected chi connectivity index (χ0v) is 15.5. The van der Waals surface area contributed by atoms with Crippen LogP contribution in [0.5, 0.6) is 5.75 Å². The lowest BCUT2D eigenvalue weighted by Gasteiger charge is -2.36. The van der Waals surface area contributed by atoms with Crippen LogP contribution in [0.25, 0.3) is 0 Å². The van der Waals surface area contributed by atoms with Crippen molar-refractivity contribution in [2.45, 2.75) is 45.6 Å². The summed E-state index contributed by atoms with van der Waals surface area (Å²) in [5.74, 6) is 0.902. The van der Waals surface area contributed by atoms with Gasteiger partial charge in [-0.15, -0.1) is 0 Å². The fourth-order valence-corrected chi connectivity index (χ4v) is 3.64. The maximum absolute atomic E-state index is 10.8. The molecule has 2 atom stereocenters. The summed E-state index contributed by atoms with van der Waals surface area (Å²) in [6.07, 6.45) is 4.37. The van der Waals surface area contributed by atoms with E-state index in [9.17, 15) is 4.79 Å². The minimum atomic E-state index is -0.729. The third-order valence-electron chi connectivity index (χ3n) is 4.69. The fraction of sp³-hybridized carbons (Fsp3) is 0.611. The molecule has 0 spiro atoms. The molecule has 0 amide bonds. The van der Waals surface area contributed by atoms with Gasteiger partial charge in [0.05, 0.1) is 13.2 Å². The van der Waals surface area contributed by atoms with Crippen molar-refractivity contribution in [2.75, 3.05) is 19.7 Å². The molecule has 0 radical (unpaired) electrons. The normalized spacial score (nSPS) is 22.0. The van der Waals surface area contributed by atoms with Gasteiger partial charge in [0.1, 0.15) is 5.75 Å². The molecule has 0 bridgehead atoms. The molecule has 4 nitrogen and oxygen atoms in total. The van der Waals surface area contributed by atoms with Crippen LogP contribution in [0, 0.1) is 12.8 Å². The maximum Gasteiger partial charge on any atom is 0.317 e. The number of ether oxygens (including phenoxy) is 1. The summed E-state index contributed by atoms with van der Waals surface area (Å²) in [6.45, 7) is 5.99. The molecule has 0 unspecified atom stereocenters. The van der Waals surface area contributed by atoms with E-state index < -0.39 is 5.97 Å². The van der Waals surface area contributed by atoms with E-state index in [1.807, 2.05) is 18.2 Å². The first kappa shape index (κ1) is 18.3. The highest BCUT2D eigenvalue weighted by atomic mass is 79.9. The quantitative estimate of drug-likeness (QED) is 0.719. The highest BCUT2D eigenvalue weighted by molar-refractivity contribution is 9.10. The Balaban J connectivity index is 1.69. The van der Waals surface area contributed by atoms with E-state index in [0.29, 0.717) is 12.0 Å². The van der Waals surface area contributed by atoms with Crippen molar-refractivity contribution in [3.8, 4) is 5.75 Å². The third-order valence-corrected chi connectivity index (χ3v) is 5.55. The third kappa shape index (κ3) is 5.50. The molecule has 1 aliphatic rings. The summed E-state index contributed by atoms with van der Waals surface area (Å²) in [5.41, 5.74) is 1.14. The van der Waals surface area contributed by atoms with Gasteiger partial charge in [0, 0.05) is 16.1 Å². The second-order valence-electron chi connectivity index (χ2n) is 6.46. The minimum Gasteiger partial charge on any atom is -0.493 e. The predicted molar refractivity (Wildman–Crippen MR) is 95.0 cm³/mol. The number of hydrogen-bond donors (Lipinski definition) is 1. The standard InChI is InChI=1S/C18H26BrNO3/c1-13-11-15(8-9-20(13)12-18(21)22)5-4-10-23-17-7-3-6-16(19)14(17)2/h3,6-7,13,15H,4-5,8-12H2,1-2H3,(H,21,22)/t13-,15+/m1/s1. The molecule has 1 aromatic carbocycles. The number of benzene rings is 1. The molecular formula is C18H26BrNO3. The van der Waals surface area contributed by atoms with Gasteiger partial charge in [-0.25, -0.2) is 0 Å². The van der Waals surface area contributed by atoms with Crippen LogP contribution in [-0.2, 0) is 4.79 Å². The topological polar surface area (TPSA) is 49.8 Å². The zero-order valence-electron chi connectivity index (χ0n) is 13.9. The van der Waals surface area contributed by atoms with Crippen LogP contribution in [0.2, 0.25) is 0 Å². The molecule has 1 saturated heterocycles. The first-order valence-electron chi connectivity index (χ1n) is 8.31. The van der Waals surface area contributed by atoms with Crippen LogP contribution in [0.1, 0.15) is 38.2 Å². The van der Waals surface area contributed by atoms with Crippen molar-refractivity contribution in [1.29, 1.82) is 0 Å². The summed E-state index contributed by atoms with van der Waals surface area (Å²) in [4.78, 5) is 12.9. The van der Waals surface area contributed by atoms with Crippen molar-refractivity contribution in [1.82, 2.24) is 4.90 Å². The molecule has 1 aromatic rings. The van der Waals surface area contributed by atoms with Crippen molar-refractivity contribution in [3.05, 3.63) is 28.2 Å². The van der Waals surface area contributed by atoms with Gasteiger partial charge < -0.3 is 9.84 Å². The SMILES string of the molecule is Cc1c(Br)cccc1OCCC[C@H]1CCN(CC(=O)O)[C@H](C)C1. The van der Waals surface area contributed by atoms with Crippen LogP contribution >= 0.6 is 15.9 Å². The Morgan fingerprint density at radius 3 is 2.96 bits per heavy atom. The Kier molecular flexibility index (Phi) is 6.90. The van der Waals surface area contributed by atoms with E-state index in [2.05, 4.69) is 34.7 Å². The van der Waals surface area contributed by atoms with Crippen molar-refractivity contribution in [2.24, 2.45) is 5.92 Å². The molecule has 128 valence electrons. The highest BCUT2D eigenvalue weighted by Gasteiger charge is 2.26. The van der Waals surface area contributed by atoms with Gasteiger partial charge in [-0.05, 0) is 64.1 Å². The van der Waals surface area contributed by atoms with Crippen molar-refractivity contribution >= 4 is 21.9 Å². The molecule has 0 saturated carbocycles. The summed E-state index contributed by atoms with van der Waals surface area (Å²) in [5, 5.41) is 8.91.